The van der Waals surface area contributed by atoms with Crippen molar-refractivity contribution >= 4 is 5.96 Å². The van der Waals surface area contributed by atoms with Gasteiger partial charge in [-0.2, -0.15) is 18.2 Å². The van der Waals surface area contributed by atoms with Crippen LogP contribution < -0.4 is 15.4 Å². The molecule has 1 aromatic heterocycles. The van der Waals surface area contributed by atoms with Crippen LogP contribution in [0.4, 0.5) is 13.2 Å². The standard InChI is InChI=1S/C18H24F3N5O3/c1-4-27-12(2)16-25-15(29-26-16)10-24-17(22-3)23-9-13-5-7-14(8-6-13)28-11-18(19,20)21/h5-8,12H,4,9-11H2,1-3H3,(H2,22,23,24). The minimum absolute atomic E-state index is 0.155. The number of nitrogens with one attached hydrogen (secondary N) is 2. The average Bonchev–Trinajstić information content (AvgIpc) is 3.16. The monoisotopic (exact) mass is 415 g/mol. The fraction of sp³-hybridized carbons (Fsp3) is 0.500. The summed E-state index contributed by atoms with van der Waals surface area (Å²) in [6.45, 7) is 3.64. The van der Waals surface area contributed by atoms with E-state index in [4.69, 9.17) is 9.26 Å². The van der Waals surface area contributed by atoms with Gasteiger partial charge in [-0.3, -0.25) is 4.99 Å². The molecule has 2 rings (SSSR count). The van der Waals surface area contributed by atoms with Gasteiger partial charge in [0.15, 0.2) is 18.4 Å². The molecular weight excluding hydrogens is 391 g/mol. The molecule has 11 heteroatoms. The van der Waals surface area contributed by atoms with Gasteiger partial charge in [-0.1, -0.05) is 17.3 Å². The zero-order valence-electron chi connectivity index (χ0n) is 16.4. The SMILES string of the molecule is CCOC(C)c1noc(CNC(=NC)NCc2ccc(OCC(F)(F)F)cc2)n1. The summed E-state index contributed by atoms with van der Waals surface area (Å²) in [6, 6.07) is 6.31. The Morgan fingerprint density at radius 3 is 2.52 bits per heavy atom. The van der Waals surface area contributed by atoms with E-state index >= 15 is 0 Å². The molecule has 0 aliphatic carbocycles. The van der Waals surface area contributed by atoms with E-state index in [1.165, 1.54) is 12.1 Å². The zero-order chi connectivity index (χ0) is 21.3. The van der Waals surface area contributed by atoms with Crippen LogP contribution in [0.5, 0.6) is 5.75 Å². The third kappa shape index (κ3) is 7.98. The molecule has 0 spiro atoms. The fourth-order valence-corrected chi connectivity index (χ4v) is 2.26. The molecule has 2 N–H and O–H groups in total. The van der Waals surface area contributed by atoms with Crippen LogP contribution >= 0.6 is 0 Å². The Balaban J connectivity index is 1.79. The van der Waals surface area contributed by atoms with Crippen molar-refractivity contribution in [3.63, 3.8) is 0 Å². The minimum atomic E-state index is -4.36. The summed E-state index contributed by atoms with van der Waals surface area (Å²) in [5.41, 5.74) is 0.845. The Morgan fingerprint density at radius 1 is 1.21 bits per heavy atom. The summed E-state index contributed by atoms with van der Waals surface area (Å²) < 4.78 is 51.7. The quantitative estimate of drug-likeness (QED) is 0.480. The molecule has 1 aromatic carbocycles. The number of aliphatic imine (C=N–C) groups is 1. The Morgan fingerprint density at radius 2 is 1.90 bits per heavy atom. The van der Waals surface area contributed by atoms with Crippen molar-refractivity contribution in [1.29, 1.82) is 0 Å². The van der Waals surface area contributed by atoms with Gasteiger partial charge in [0.05, 0.1) is 6.54 Å². The van der Waals surface area contributed by atoms with E-state index in [-0.39, 0.29) is 18.4 Å². The van der Waals surface area contributed by atoms with E-state index < -0.39 is 12.8 Å². The molecule has 1 atom stereocenters. The van der Waals surface area contributed by atoms with E-state index in [2.05, 4.69) is 30.5 Å². The lowest BCUT2D eigenvalue weighted by atomic mass is 10.2. The molecule has 0 amide bonds. The summed E-state index contributed by atoms with van der Waals surface area (Å²) in [4.78, 5) is 8.35. The number of hydrogen-bond acceptors (Lipinski definition) is 6. The second-order valence-electron chi connectivity index (χ2n) is 5.97. The minimum Gasteiger partial charge on any atom is -0.484 e. The number of halogens is 3. The van der Waals surface area contributed by atoms with E-state index in [9.17, 15) is 13.2 Å². The first kappa shape index (κ1) is 22.5. The van der Waals surface area contributed by atoms with Crippen LogP contribution in [0.3, 0.4) is 0 Å². The smallest absolute Gasteiger partial charge is 0.422 e. The number of guanidine groups is 1. The number of rotatable bonds is 9. The Bertz CT molecular complexity index is 778. The van der Waals surface area contributed by atoms with Crippen LogP contribution in [-0.2, 0) is 17.8 Å². The Hall–Kier alpha value is -2.82. The van der Waals surface area contributed by atoms with Crippen molar-refractivity contribution in [1.82, 2.24) is 20.8 Å². The first-order valence-electron chi connectivity index (χ1n) is 8.97. The van der Waals surface area contributed by atoms with Gasteiger partial charge in [-0.15, -0.1) is 0 Å². The molecule has 29 heavy (non-hydrogen) atoms. The Kier molecular flexibility index (Phi) is 8.25. The highest BCUT2D eigenvalue weighted by Gasteiger charge is 2.28. The highest BCUT2D eigenvalue weighted by Crippen LogP contribution is 2.18. The van der Waals surface area contributed by atoms with Crippen molar-refractivity contribution in [2.24, 2.45) is 4.99 Å². The Labute approximate surface area is 166 Å². The third-order valence-electron chi connectivity index (χ3n) is 3.68. The predicted molar refractivity (Wildman–Crippen MR) is 99.4 cm³/mol. The van der Waals surface area contributed by atoms with Crippen LogP contribution in [0, 0.1) is 0 Å². The second-order valence-corrected chi connectivity index (χ2v) is 5.97. The normalized spacial score (nSPS) is 13.2. The maximum Gasteiger partial charge on any atom is 0.422 e. The summed E-state index contributed by atoms with van der Waals surface area (Å²) in [7, 11) is 1.61. The molecule has 0 aliphatic rings. The highest BCUT2D eigenvalue weighted by atomic mass is 19.4. The van der Waals surface area contributed by atoms with Crippen LogP contribution in [-0.4, -0.2) is 42.5 Å². The molecule has 0 fully saturated rings. The molecule has 160 valence electrons. The maximum absolute atomic E-state index is 12.2. The van der Waals surface area contributed by atoms with E-state index in [0.29, 0.717) is 30.8 Å². The second kappa shape index (κ2) is 10.6. The van der Waals surface area contributed by atoms with Gasteiger partial charge in [0.1, 0.15) is 11.9 Å². The topological polar surface area (TPSA) is 93.8 Å². The molecular formula is C18H24F3N5O3. The lowest BCUT2D eigenvalue weighted by Crippen LogP contribution is -2.36. The van der Waals surface area contributed by atoms with Crippen molar-refractivity contribution in [3.8, 4) is 5.75 Å². The lowest BCUT2D eigenvalue weighted by Gasteiger charge is -2.12. The average molecular weight is 415 g/mol. The predicted octanol–water partition coefficient (Wildman–Crippen LogP) is 2.97. The zero-order valence-corrected chi connectivity index (χ0v) is 16.4. The lowest BCUT2D eigenvalue weighted by molar-refractivity contribution is -0.153. The number of benzene rings is 1. The van der Waals surface area contributed by atoms with Gasteiger partial charge in [-0.25, -0.2) is 0 Å². The van der Waals surface area contributed by atoms with Gasteiger partial charge < -0.3 is 24.6 Å². The van der Waals surface area contributed by atoms with Crippen LogP contribution in [0.2, 0.25) is 0 Å². The van der Waals surface area contributed by atoms with E-state index in [0.717, 1.165) is 5.56 Å². The third-order valence-corrected chi connectivity index (χ3v) is 3.68. The number of nitrogens with zero attached hydrogens (tertiary/aromatic N) is 3. The maximum atomic E-state index is 12.2. The van der Waals surface area contributed by atoms with Crippen molar-refractivity contribution in [2.45, 2.75) is 39.2 Å². The molecule has 2 aromatic rings. The van der Waals surface area contributed by atoms with Crippen LogP contribution in [0.1, 0.15) is 37.2 Å². The van der Waals surface area contributed by atoms with Gasteiger partial charge in [0.2, 0.25) is 5.89 Å². The molecule has 0 aliphatic heterocycles. The van der Waals surface area contributed by atoms with Gasteiger partial charge >= 0.3 is 6.18 Å². The molecule has 1 heterocycles. The summed E-state index contributed by atoms with van der Waals surface area (Å²) >= 11 is 0. The van der Waals surface area contributed by atoms with Gasteiger partial charge in [-0.05, 0) is 31.5 Å². The summed E-state index contributed by atoms with van der Waals surface area (Å²) in [5.74, 6) is 1.52. The van der Waals surface area contributed by atoms with Crippen molar-refractivity contribution in [3.05, 3.63) is 41.5 Å². The molecule has 0 radical (unpaired) electrons. The highest BCUT2D eigenvalue weighted by molar-refractivity contribution is 5.79. The largest absolute Gasteiger partial charge is 0.484 e. The number of ether oxygens (including phenoxy) is 2. The van der Waals surface area contributed by atoms with E-state index in [1.54, 1.807) is 19.2 Å². The summed E-state index contributed by atoms with van der Waals surface area (Å²) in [5, 5.41) is 10.0. The van der Waals surface area contributed by atoms with E-state index in [1.807, 2.05) is 13.8 Å². The van der Waals surface area contributed by atoms with Gasteiger partial charge in [0.25, 0.3) is 0 Å². The molecule has 1 unspecified atom stereocenters. The van der Waals surface area contributed by atoms with Crippen LogP contribution in [0.15, 0.2) is 33.8 Å². The number of alkyl halides is 3. The van der Waals surface area contributed by atoms with Crippen LogP contribution in [0.25, 0.3) is 0 Å². The number of aromatic nitrogens is 2. The fourth-order valence-electron chi connectivity index (χ4n) is 2.26. The molecule has 0 bridgehead atoms. The van der Waals surface area contributed by atoms with Crippen molar-refractivity contribution in [2.75, 3.05) is 20.3 Å². The summed E-state index contributed by atoms with van der Waals surface area (Å²) in [6.07, 6.45) is -4.61. The molecule has 0 saturated heterocycles. The first-order valence-corrected chi connectivity index (χ1v) is 8.97. The molecule has 0 saturated carbocycles. The van der Waals surface area contributed by atoms with Crippen molar-refractivity contribution < 1.29 is 27.2 Å². The first-order chi connectivity index (χ1) is 13.8. The molecule has 8 nitrogen and oxygen atoms in total. The number of hydrogen-bond donors (Lipinski definition) is 2. The van der Waals surface area contributed by atoms with Gasteiger partial charge in [0, 0.05) is 20.2 Å².